The van der Waals surface area contributed by atoms with Crippen LogP contribution >= 0.6 is 0 Å². The molecule has 2 nitrogen and oxygen atoms in total. The van der Waals surface area contributed by atoms with E-state index in [1.54, 1.807) is 0 Å². The lowest BCUT2D eigenvalue weighted by atomic mass is 9.77. The van der Waals surface area contributed by atoms with Gasteiger partial charge in [-0.3, -0.25) is 0 Å². The molecule has 0 saturated heterocycles. The number of nitrogens with zero attached hydrogens (tertiary/aromatic N) is 1. The lowest BCUT2D eigenvalue weighted by Crippen LogP contribution is -2.13. The Morgan fingerprint density at radius 3 is 2.19 bits per heavy atom. The van der Waals surface area contributed by atoms with Crippen molar-refractivity contribution >= 4 is 0 Å². The minimum atomic E-state index is 0.628. The maximum atomic E-state index is 9.60. The summed E-state index contributed by atoms with van der Waals surface area (Å²) in [6, 6.07) is 17.4. The first-order valence-electron chi connectivity index (χ1n) is 13.0. The van der Waals surface area contributed by atoms with Crippen LogP contribution in [0.2, 0.25) is 0 Å². The van der Waals surface area contributed by atoms with Crippen molar-refractivity contribution in [3.05, 3.63) is 53.6 Å². The molecule has 0 bridgehead atoms. The number of benzene rings is 2. The SMILES string of the molecule is CCCCCCOc1ccc(-c2ccc(C3CCC(CCCCC)CC3)cc2)cc1C#N. The molecule has 1 fully saturated rings. The molecular formula is C30H41NO. The molecule has 32 heavy (non-hydrogen) atoms. The number of nitriles is 1. The minimum absolute atomic E-state index is 0.628. The van der Waals surface area contributed by atoms with Gasteiger partial charge in [-0.1, -0.05) is 89.1 Å². The molecule has 172 valence electrons. The molecule has 0 radical (unpaired) electrons. The van der Waals surface area contributed by atoms with E-state index in [1.165, 1.54) is 81.8 Å². The van der Waals surface area contributed by atoms with Gasteiger partial charge in [0.15, 0.2) is 0 Å². The van der Waals surface area contributed by atoms with Crippen LogP contribution in [0.3, 0.4) is 0 Å². The average Bonchev–Trinajstić information content (AvgIpc) is 2.85. The van der Waals surface area contributed by atoms with Crippen molar-refractivity contribution < 1.29 is 4.74 Å². The molecule has 0 aromatic heterocycles. The Labute approximate surface area is 196 Å². The zero-order chi connectivity index (χ0) is 22.6. The maximum absolute atomic E-state index is 9.60. The van der Waals surface area contributed by atoms with Gasteiger partial charge >= 0.3 is 0 Å². The molecular weight excluding hydrogens is 390 g/mol. The molecule has 0 amide bonds. The third-order valence-electron chi connectivity index (χ3n) is 7.13. The van der Waals surface area contributed by atoms with Gasteiger partial charge in [0.25, 0.3) is 0 Å². The fourth-order valence-corrected chi connectivity index (χ4v) is 5.05. The van der Waals surface area contributed by atoms with E-state index in [-0.39, 0.29) is 0 Å². The van der Waals surface area contributed by atoms with Crippen molar-refractivity contribution in [3.8, 4) is 22.9 Å². The Balaban J connectivity index is 1.56. The second-order valence-corrected chi connectivity index (χ2v) is 9.57. The van der Waals surface area contributed by atoms with Crippen LogP contribution in [0.4, 0.5) is 0 Å². The van der Waals surface area contributed by atoms with Crippen LogP contribution in [0.25, 0.3) is 11.1 Å². The Bertz CT molecular complexity index is 840. The van der Waals surface area contributed by atoms with E-state index in [1.807, 2.05) is 12.1 Å². The average molecular weight is 432 g/mol. The highest BCUT2D eigenvalue weighted by Gasteiger charge is 2.22. The normalized spacial score (nSPS) is 18.3. The number of hydrogen-bond acceptors (Lipinski definition) is 2. The first-order valence-corrected chi connectivity index (χ1v) is 13.0. The third-order valence-corrected chi connectivity index (χ3v) is 7.13. The van der Waals surface area contributed by atoms with Crippen molar-refractivity contribution in [2.24, 2.45) is 5.92 Å². The van der Waals surface area contributed by atoms with Crippen molar-refractivity contribution in [3.63, 3.8) is 0 Å². The van der Waals surface area contributed by atoms with Crippen LogP contribution < -0.4 is 4.74 Å². The van der Waals surface area contributed by atoms with Gasteiger partial charge in [-0.2, -0.15) is 5.26 Å². The number of ether oxygens (including phenoxy) is 1. The second-order valence-electron chi connectivity index (χ2n) is 9.57. The quantitative estimate of drug-likeness (QED) is 0.314. The van der Waals surface area contributed by atoms with Gasteiger partial charge in [-0.05, 0) is 72.8 Å². The topological polar surface area (TPSA) is 33.0 Å². The molecule has 2 aromatic rings. The summed E-state index contributed by atoms with van der Waals surface area (Å²) in [6.45, 7) is 5.18. The van der Waals surface area contributed by atoms with Gasteiger partial charge in [0, 0.05) is 0 Å². The van der Waals surface area contributed by atoms with Crippen LogP contribution in [-0.2, 0) is 0 Å². The molecule has 1 aliphatic carbocycles. The highest BCUT2D eigenvalue weighted by Crippen LogP contribution is 2.38. The molecule has 0 atom stereocenters. The molecule has 2 aromatic carbocycles. The Kier molecular flexibility index (Phi) is 10.1. The third kappa shape index (κ3) is 7.13. The fraction of sp³-hybridized carbons (Fsp3) is 0.567. The van der Waals surface area contributed by atoms with Gasteiger partial charge in [0.1, 0.15) is 11.8 Å². The molecule has 0 spiro atoms. The Hall–Kier alpha value is -2.27. The summed E-state index contributed by atoms with van der Waals surface area (Å²) in [7, 11) is 0. The zero-order valence-corrected chi connectivity index (χ0v) is 20.2. The predicted molar refractivity (Wildman–Crippen MR) is 135 cm³/mol. The summed E-state index contributed by atoms with van der Waals surface area (Å²) in [6.07, 6.45) is 15.7. The number of unbranched alkanes of at least 4 members (excludes halogenated alkanes) is 5. The van der Waals surface area contributed by atoms with Crippen LogP contribution in [0.1, 0.15) is 108 Å². The van der Waals surface area contributed by atoms with E-state index in [9.17, 15) is 5.26 Å². The highest BCUT2D eigenvalue weighted by molar-refractivity contribution is 5.67. The van der Waals surface area contributed by atoms with Crippen LogP contribution in [-0.4, -0.2) is 6.61 Å². The van der Waals surface area contributed by atoms with Gasteiger partial charge < -0.3 is 4.74 Å². The molecule has 1 saturated carbocycles. The Morgan fingerprint density at radius 1 is 0.812 bits per heavy atom. The fourth-order valence-electron chi connectivity index (χ4n) is 5.05. The first kappa shape index (κ1) is 24.4. The van der Waals surface area contributed by atoms with Crippen molar-refractivity contribution in [1.29, 1.82) is 5.26 Å². The highest BCUT2D eigenvalue weighted by atomic mass is 16.5. The lowest BCUT2D eigenvalue weighted by molar-refractivity contribution is 0.303. The van der Waals surface area contributed by atoms with E-state index in [4.69, 9.17) is 4.74 Å². The minimum Gasteiger partial charge on any atom is -0.492 e. The van der Waals surface area contributed by atoms with Crippen LogP contribution in [0, 0.1) is 17.2 Å². The largest absolute Gasteiger partial charge is 0.492 e. The molecule has 0 N–H and O–H groups in total. The number of hydrogen-bond donors (Lipinski definition) is 0. The summed E-state index contributed by atoms with van der Waals surface area (Å²) in [5.41, 5.74) is 4.37. The second kappa shape index (κ2) is 13.3. The number of rotatable bonds is 12. The molecule has 1 aliphatic rings. The van der Waals surface area contributed by atoms with E-state index in [0.29, 0.717) is 23.8 Å². The summed E-state index contributed by atoms with van der Waals surface area (Å²) in [4.78, 5) is 0. The Morgan fingerprint density at radius 2 is 1.50 bits per heavy atom. The lowest BCUT2D eigenvalue weighted by Gasteiger charge is -2.29. The molecule has 0 heterocycles. The first-order chi connectivity index (χ1) is 15.7. The van der Waals surface area contributed by atoms with Gasteiger partial charge in [-0.25, -0.2) is 0 Å². The van der Waals surface area contributed by atoms with Crippen molar-refractivity contribution in [2.45, 2.75) is 96.8 Å². The van der Waals surface area contributed by atoms with E-state index in [0.717, 1.165) is 17.9 Å². The molecule has 0 unspecified atom stereocenters. The van der Waals surface area contributed by atoms with Crippen LogP contribution in [0.15, 0.2) is 42.5 Å². The van der Waals surface area contributed by atoms with E-state index >= 15 is 0 Å². The van der Waals surface area contributed by atoms with Crippen molar-refractivity contribution in [1.82, 2.24) is 0 Å². The van der Waals surface area contributed by atoms with E-state index in [2.05, 4.69) is 50.2 Å². The van der Waals surface area contributed by atoms with Crippen LogP contribution in [0.5, 0.6) is 5.75 Å². The summed E-state index contributed by atoms with van der Waals surface area (Å²) >= 11 is 0. The van der Waals surface area contributed by atoms with Gasteiger partial charge in [0.05, 0.1) is 12.2 Å². The summed E-state index contributed by atoms with van der Waals surface area (Å²) in [5.74, 6) is 2.37. The van der Waals surface area contributed by atoms with E-state index < -0.39 is 0 Å². The maximum Gasteiger partial charge on any atom is 0.137 e. The summed E-state index contributed by atoms with van der Waals surface area (Å²) < 4.78 is 5.88. The molecule has 3 rings (SSSR count). The van der Waals surface area contributed by atoms with Gasteiger partial charge in [-0.15, -0.1) is 0 Å². The van der Waals surface area contributed by atoms with Gasteiger partial charge in [0.2, 0.25) is 0 Å². The molecule has 0 aliphatic heterocycles. The standard InChI is InChI=1S/C30H41NO/c1-3-5-7-9-21-32-30-20-19-28(22-29(30)23-31)27-17-15-26(16-18-27)25-13-11-24(12-14-25)10-8-6-4-2/h15-20,22,24-25H,3-14,21H2,1-2H3. The molecule has 2 heteroatoms. The summed E-state index contributed by atoms with van der Waals surface area (Å²) in [5, 5.41) is 9.60. The zero-order valence-electron chi connectivity index (χ0n) is 20.2. The van der Waals surface area contributed by atoms with Crippen molar-refractivity contribution in [2.75, 3.05) is 6.61 Å². The monoisotopic (exact) mass is 431 g/mol. The smallest absolute Gasteiger partial charge is 0.137 e. The predicted octanol–water partition coefficient (Wildman–Crippen LogP) is 9.04.